The van der Waals surface area contributed by atoms with Gasteiger partial charge in [-0.2, -0.15) is 0 Å². The summed E-state index contributed by atoms with van der Waals surface area (Å²) in [7, 11) is -3.13. The summed E-state index contributed by atoms with van der Waals surface area (Å²) in [5.41, 5.74) is 0. The fraction of sp³-hybridized carbons (Fsp3) is 0.556. The van der Waals surface area contributed by atoms with Crippen molar-refractivity contribution in [3.05, 3.63) is 18.6 Å². The van der Waals surface area contributed by atoms with E-state index < -0.39 is 15.2 Å². The highest BCUT2D eigenvalue weighted by Gasteiger charge is 2.31. The van der Waals surface area contributed by atoms with Gasteiger partial charge in [0.15, 0.2) is 16.2 Å². The molecule has 0 aromatic carbocycles. The smallest absolute Gasteiger partial charge is 0.199 e. The molecule has 1 saturated heterocycles. The summed E-state index contributed by atoms with van der Waals surface area (Å²) in [5.74, 6) is 0.604. The van der Waals surface area contributed by atoms with E-state index in [9.17, 15) is 8.42 Å². The molecule has 0 amide bonds. The highest BCUT2D eigenvalue weighted by atomic mass is 32.2. The van der Waals surface area contributed by atoms with Gasteiger partial charge in [0.05, 0.1) is 0 Å². The Balaban J connectivity index is 2.31. The van der Waals surface area contributed by atoms with Gasteiger partial charge in [-0.05, 0) is 6.07 Å². The van der Waals surface area contributed by atoms with E-state index in [1.54, 1.807) is 17.2 Å². The minimum Gasteiger partial charge on any atom is -0.337 e. The number of nitrogens with zero attached hydrogens (tertiary/aromatic N) is 3. The summed E-state index contributed by atoms with van der Waals surface area (Å²) in [5, 5.41) is 2.50. The monoisotopic (exact) mass is 241 g/mol. The van der Waals surface area contributed by atoms with Gasteiger partial charge in [0.1, 0.15) is 11.2 Å². The summed E-state index contributed by atoms with van der Waals surface area (Å²) in [4.78, 5) is 9.43. The van der Waals surface area contributed by atoms with E-state index >= 15 is 0 Å². The van der Waals surface area contributed by atoms with Crippen molar-refractivity contribution in [1.29, 1.82) is 0 Å². The SMILES string of the molecule is CS(=O)(=O)C1CNCCN1c1ccn[c]n1. The first-order valence-corrected chi connectivity index (χ1v) is 6.90. The molecule has 0 saturated carbocycles. The number of sulfone groups is 1. The van der Waals surface area contributed by atoms with Gasteiger partial charge in [0.25, 0.3) is 0 Å². The fourth-order valence-electron chi connectivity index (χ4n) is 1.74. The first-order valence-electron chi connectivity index (χ1n) is 4.94. The van der Waals surface area contributed by atoms with Crippen molar-refractivity contribution in [3.8, 4) is 0 Å². The van der Waals surface area contributed by atoms with Crippen LogP contribution in [0.25, 0.3) is 0 Å². The number of nitrogens with one attached hydrogen (secondary N) is 1. The van der Waals surface area contributed by atoms with Crippen LogP contribution in [0.3, 0.4) is 0 Å². The number of aromatic nitrogens is 2. The fourth-order valence-corrected chi connectivity index (χ4v) is 2.83. The first kappa shape index (κ1) is 11.3. The third-order valence-electron chi connectivity index (χ3n) is 2.50. The lowest BCUT2D eigenvalue weighted by Crippen LogP contribution is -2.55. The molecule has 1 aliphatic rings. The quantitative estimate of drug-likeness (QED) is 0.720. The number of anilines is 1. The Bertz CT molecular complexity index is 448. The van der Waals surface area contributed by atoms with Crippen LogP contribution in [0, 0.1) is 6.33 Å². The molecule has 87 valence electrons. The third-order valence-corrected chi connectivity index (χ3v) is 3.91. The molecule has 1 radical (unpaired) electrons. The van der Waals surface area contributed by atoms with Crippen LogP contribution in [0.1, 0.15) is 0 Å². The molecule has 1 aliphatic heterocycles. The van der Waals surface area contributed by atoms with Gasteiger partial charge in [-0.15, -0.1) is 0 Å². The number of rotatable bonds is 2. The van der Waals surface area contributed by atoms with Crippen LogP contribution in [0.5, 0.6) is 0 Å². The van der Waals surface area contributed by atoms with Crippen LogP contribution >= 0.6 is 0 Å². The first-order chi connectivity index (χ1) is 7.59. The molecule has 0 bridgehead atoms. The molecule has 1 N–H and O–H groups in total. The number of piperazine rings is 1. The minimum absolute atomic E-state index is 0.419. The molecule has 7 heteroatoms. The summed E-state index contributed by atoms with van der Waals surface area (Å²) in [6.07, 6.45) is 5.27. The molecule has 0 aliphatic carbocycles. The number of hydrogen-bond donors (Lipinski definition) is 1. The van der Waals surface area contributed by atoms with E-state index in [1.165, 1.54) is 6.26 Å². The van der Waals surface area contributed by atoms with Crippen LogP contribution in [0.4, 0.5) is 5.82 Å². The second-order valence-electron chi connectivity index (χ2n) is 3.70. The van der Waals surface area contributed by atoms with Gasteiger partial charge >= 0.3 is 0 Å². The normalized spacial score (nSPS) is 22.1. The van der Waals surface area contributed by atoms with Gasteiger partial charge in [-0.3, -0.25) is 0 Å². The second kappa shape index (κ2) is 4.34. The molecular weight excluding hydrogens is 228 g/mol. The van der Waals surface area contributed by atoms with Crippen LogP contribution in [0.15, 0.2) is 12.3 Å². The van der Waals surface area contributed by atoms with Crippen LogP contribution in [0.2, 0.25) is 0 Å². The summed E-state index contributed by atoms with van der Waals surface area (Å²) in [6.45, 7) is 1.78. The van der Waals surface area contributed by atoms with Gasteiger partial charge < -0.3 is 10.2 Å². The molecule has 1 aromatic heterocycles. The molecule has 1 fully saturated rings. The average Bonchev–Trinajstić information content (AvgIpc) is 2.29. The Labute approximate surface area is 94.6 Å². The molecule has 1 unspecified atom stereocenters. The molecule has 2 heterocycles. The Morgan fingerprint density at radius 2 is 2.44 bits per heavy atom. The van der Waals surface area contributed by atoms with Crippen molar-refractivity contribution < 1.29 is 8.42 Å². The zero-order valence-corrected chi connectivity index (χ0v) is 9.74. The number of hydrogen-bond acceptors (Lipinski definition) is 6. The average molecular weight is 241 g/mol. The van der Waals surface area contributed by atoms with Gasteiger partial charge in [-0.1, -0.05) is 0 Å². The lowest BCUT2D eigenvalue weighted by Gasteiger charge is -2.35. The van der Waals surface area contributed by atoms with Crippen LogP contribution in [-0.4, -0.2) is 49.6 Å². The van der Waals surface area contributed by atoms with E-state index in [1.807, 2.05) is 0 Å². The maximum atomic E-state index is 11.6. The van der Waals surface area contributed by atoms with E-state index in [0.717, 1.165) is 6.54 Å². The zero-order valence-electron chi connectivity index (χ0n) is 8.92. The van der Waals surface area contributed by atoms with Crippen molar-refractivity contribution in [2.45, 2.75) is 5.37 Å². The summed E-state index contributed by atoms with van der Waals surface area (Å²) < 4.78 is 23.3. The molecule has 2 rings (SSSR count). The van der Waals surface area contributed by atoms with Crippen molar-refractivity contribution in [1.82, 2.24) is 15.3 Å². The second-order valence-corrected chi connectivity index (χ2v) is 5.90. The Hall–Kier alpha value is -1.21. The lowest BCUT2D eigenvalue weighted by molar-refractivity contribution is 0.519. The van der Waals surface area contributed by atoms with Gasteiger partial charge in [-0.25, -0.2) is 18.4 Å². The standard InChI is InChI=1S/C9H13N4O2S/c1-16(14,15)9-6-10-4-5-13(9)8-2-3-11-7-12-8/h2-3,9-10H,4-6H2,1H3. The maximum absolute atomic E-state index is 11.6. The summed E-state index contributed by atoms with van der Waals surface area (Å²) >= 11 is 0. The topological polar surface area (TPSA) is 75.2 Å². The maximum Gasteiger partial charge on any atom is 0.199 e. The molecule has 0 spiro atoms. The van der Waals surface area contributed by atoms with Gasteiger partial charge in [0.2, 0.25) is 0 Å². The van der Waals surface area contributed by atoms with Gasteiger partial charge in [0, 0.05) is 32.1 Å². The highest BCUT2D eigenvalue weighted by molar-refractivity contribution is 7.91. The Morgan fingerprint density at radius 3 is 3.06 bits per heavy atom. The molecule has 1 atom stereocenters. The van der Waals surface area contributed by atoms with E-state index in [4.69, 9.17) is 0 Å². The van der Waals surface area contributed by atoms with E-state index in [0.29, 0.717) is 18.9 Å². The Kier molecular flexibility index (Phi) is 3.06. The predicted molar refractivity (Wildman–Crippen MR) is 59.7 cm³/mol. The van der Waals surface area contributed by atoms with Crippen molar-refractivity contribution in [3.63, 3.8) is 0 Å². The Morgan fingerprint density at radius 1 is 1.62 bits per heavy atom. The van der Waals surface area contributed by atoms with E-state index in [2.05, 4.69) is 21.6 Å². The largest absolute Gasteiger partial charge is 0.337 e. The minimum atomic E-state index is -3.13. The predicted octanol–water partition coefficient (Wildman–Crippen LogP) is -0.943. The van der Waals surface area contributed by atoms with Crippen molar-refractivity contribution >= 4 is 15.7 Å². The van der Waals surface area contributed by atoms with Crippen molar-refractivity contribution in [2.24, 2.45) is 0 Å². The lowest BCUT2D eigenvalue weighted by atomic mass is 10.3. The van der Waals surface area contributed by atoms with Crippen molar-refractivity contribution in [2.75, 3.05) is 30.8 Å². The molecular formula is C9H13N4O2S. The zero-order chi connectivity index (χ0) is 11.6. The van der Waals surface area contributed by atoms with Crippen LogP contribution in [-0.2, 0) is 9.84 Å². The third kappa shape index (κ3) is 2.30. The van der Waals surface area contributed by atoms with Crippen LogP contribution < -0.4 is 10.2 Å². The molecule has 6 nitrogen and oxygen atoms in total. The highest BCUT2D eigenvalue weighted by Crippen LogP contribution is 2.17. The molecule has 16 heavy (non-hydrogen) atoms. The summed E-state index contributed by atoms with van der Waals surface area (Å²) in [6, 6.07) is 1.69. The molecule has 1 aromatic rings. The van der Waals surface area contributed by atoms with E-state index in [-0.39, 0.29) is 0 Å².